The van der Waals surface area contributed by atoms with Gasteiger partial charge in [-0.1, -0.05) is 91.5 Å². The van der Waals surface area contributed by atoms with Crippen LogP contribution in [0.25, 0.3) is 39.9 Å². The Morgan fingerprint density at radius 3 is 2.24 bits per heavy atom. The molecule has 0 amide bonds. The minimum Gasteiger partial charge on any atom is -0.458 e. The van der Waals surface area contributed by atoms with Crippen LogP contribution in [0.1, 0.15) is 18.2 Å². The van der Waals surface area contributed by atoms with Gasteiger partial charge in [-0.25, -0.2) is 0 Å². The zero-order valence-corrected chi connectivity index (χ0v) is 22.7. The van der Waals surface area contributed by atoms with Crippen molar-refractivity contribution in [2.45, 2.75) is 6.92 Å². The van der Waals surface area contributed by atoms with Crippen LogP contribution in [0.4, 0.5) is 0 Å². The Balaban J connectivity index is 1.27. The molecule has 0 spiro atoms. The van der Waals surface area contributed by atoms with E-state index in [-0.39, 0.29) is 6.71 Å². The lowest BCUT2D eigenvalue weighted by atomic mass is 9.34. The Morgan fingerprint density at radius 2 is 1.41 bits per heavy atom. The second kappa shape index (κ2) is 9.17. The molecular weight excluding hydrogens is 501 g/mol. The van der Waals surface area contributed by atoms with Crippen molar-refractivity contribution in [3.8, 4) is 39.8 Å². The van der Waals surface area contributed by atoms with E-state index in [1.165, 1.54) is 10.8 Å². The molecule has 0 saturated carbocycles. The summed E-state index contributed by atoms with van der Waals surface area (Å²) in [6.45, 7) is 6.22. The molecule has 0 radical (unpaired) electrons. The fraction of sp³-hybridized carbons (Fsp3) is 0.0270. The van der Waals surface area contributed by atoms with Crippen molar-refractivity contribution < 1.29 is 9.47 Å². The molecule has 0 N–H and O–H groups in total. The van der Waals surface area contributed by atoms with Gasteiger partial charge in [-0.15, -0.1) is 0 Å². The highest BCUT2D eigenvalue weighted by Gasteiger charge is 2.40. The first kappa shape index (κ1) is 23.7. The van der Waals surface area contributed by atoms with Crippen molar-refractivity contribution in [1.29, 1.82) is 0 Å². The maximum Gasteiger partial charge on any atom is 0.260 e. The Bertz CT molecular complexity index is 2030. The van der Waals surface area contributed by atoms with Crippen molar-refractivity contribution in [2.75, 3.05) is 0 Å². The zero-order chi connectivity index (χ0) is 27.5. The van der Waals surface area contributed by atoms with Crippen LogP contribution in [0.15, 0.2) is 122 Å². The molecule has 0 saturated heterocycles. The molecule has 6 aromatic rings. The van der Waals surface area contributed by atoms with Gasteiger partial charge in [0.15, 0.2) is 0 Å². The average Bonchev–Trinajstić information content (AvgIpc) is 3.34. The highest BCUT2D eigenvalue weighted by atomic mass is 16.5. The predicted molar refractivity (Wildman–Crippen MR) is 171 cm³/mol. The molecule has 0 aliphatic carbocycles. The summed E-state index contributed by atoms with van der Waals surface area (Å²) in [5.74, 6) is 3.52. The molecule has 0 bridgehead atoms. The molecule has 0 unspecified atom stereocenters. The van der Waals surface area contributed by atoms with Gasteiger partial charge in [-0.3, -0.25) is 0 Å². The van der Waals surface area contributed by atoms with Crippen molar-refractivity contribution in [3.63, 3.8) is 0 Å². The number of fused-ring (bicyclic) bond motifs is 5. The SMILES string of the molecule is C=Cc1c(/C=C\C)n(-c2ccc(-c3cccc4c3Oc3cccc5c3B4c3ccccc3O5)cc2)c2ccccc12. The van der Waals surface area contributed by atoms with Crippen LogP contribution in [-0.2, 0) is 0 Å². The number of benzene rings is 5. The van der Waals surface area contributed by atoms with Gasteiger partial charge in [0.25, 0.3) is 6.71 Å². The van der Waals surface area contributed by atoms with Crippen LogP contribution >= 0.6 is 0 Å². The molecule has 8 rings (SSSR count). The van der Waals surface area contributed by atoms with E-state index < -0.39 is 0 Å². The third kappa shape index (κ3) is 3.47. The summed E-state index contributed by atoms with van der Waals surface area (Å²) >= 11 is 0. The third-order valence-electron chi connectivity index (χ3n) is 8.25. The summed E-state index contributed by atoms with van der Waals surface area (Å²) < 4.78 is 15.3. The van der Waals surface area contributed by atoms with E-state index in [4.69, 9.17) is 9.47 Å². The molecule has 4 heteroatoms. The van der Waals surface area contributed by atoms with E-state index in [1.54, 1.807) is 0 Å². The Hall–Kier alpha value is -5.22. The molecular formula is C37H26BNO2. The Morgan fingerprint density at radius 1 is 0.707 bits per heavy atom. The molecule has 0 atom stereocenters. The lowest BCUT2D eigenvalue weighted by Gasteiger charge is -2.33. The minimum atomic E-state index is 0.0566. The van der Waals surface area contributed by atoms with Crippen LogP contribution in [0, 0.1) is 0 Å². The van der Waals surface area contributed by atoms with Crippen molar-refractivity contribution in [3.05, 3.63) is 133 Å². The molecule has 2 aliphatic rings. The van der Waals surface area contributed by atoms with Crippen LogP contribution < -0.4 is 25.9 Å². The first-order chi connectivity index (χ1) is 20.3. The van der Waals surface area contributed by atoms with Crippen molar-refractivity contribution in [1.82, 2.24) is 4.57 Å². The molecule has 41 heavy (non-hydrogen) atoms. The molecule has 0 fully saturated rings. The van der Waals surface area contributed by atoms with Gasteiger partial charge in [0, 0.05) is 27.7 Å². The smallest absolute Gasteiger partial charge is 0.260 e. The number of hydrogen-bond acceptors (Lipinski definition) is 2. The summed E-state index contributed by atoms with van der Waals surface area (Å²) in [5.41, 5.74) is 10.1. The van der Waals surface area contributed by atoms with Gasteiger partial charge in [0.2, 0.25) is 0 Å². The number of nitrogens with zero attached hydrogens (tertiary/aromatic N) is 1. The summed E-state index contributed by atoms with van der Waals surface area (Å²) in [7, 11) is 0. The van der Waals surface area contributed by atoms with Crippen molar-refractivity contribution >= 4 is 46.2 Å². The maximum atomic E-state index is 6.66. The second-order valence-corrected chi connectivity index (χ2v) is 10.5. The van der Waals surface area contributed by atoms with Gasteiger partial charge in [-0.2, -0.15) is 0 Å². The van der Waals surface area contributed by atoms with E-state index in [0.717, 1.165) is 67.5 Å². The largest absolute Gasteiger partial charge is 0.458 e. The predicted octanol–water partition coefficient (Wildman–Crippen LogP) is 7.70. The van der Waals surface area contributed by atoms with Crippen molar-refractivity contribution in [2.24, 2.45) is 0 Å². The molecule has 2 aliphatic heterocycles. The number of hydrogen-bond donors (Lipinski definition) is 0. The number of rotatable bonds is 4. The summed E-state index contributed by atoms with van der Waals surface area (Å²) in [6, 6.07) is 38.2. The molecule has 3 nitrogen and oxygen atoms in total. The van der Waals surface area contributed by atoms with Crippen LogP contribution in [0.3, 0.4) is 0 Å². The lowest BCUT2D eigenvalue weighted by Crippen LogP contribution is -2.57. The maximum absolute atomic E-state index is 6.66. The fourth-order valence-electron chi connectivity index (χ4n) is 6.52. The molecule has 3 heterocycles. The van der Waals surface area contributed by atoms with E-state index in [9.17, 15) is 0 Å². The number of ether oxygens (including phenoxy) is 2. The molecule has 5 aromatic carbocycles. The Labute approximate surface area is 239 Å². The van der Waals surface area contributed by atoms with E-state index in [2.05, 4.69) is 109 Å². The Kier molecular flexibility index (Phi) is 5.29. The van der Waals surface area contributed by atoms with Crippen LogP contribution in [0.2, 0.25) is 0 Å². The van der Waals surface area contributed by atoms with E-state index in [1.807, 2.05) is 36.4 Å². The molecule has 1 aromatic heterocycles. The van der Waals surface area contributed by atoms with Gasteiger partial charge in [0.1, 0.15) is 23.0 Å². The van der Waals surface area contributed by atoms with Crippen LogP contribution in [0.5, 0.6) is 23.0 Å². The van der Waals surface area contributed by atoms with E-state index >= 15 is 0 Å². The summed E-state index contributed by atoms with van der Waals surface area (Å²) in [4.78, 5) is 0. The number of allylic oxidation sites excluding steroid dienone is 1. The lowest BCUT2D eigenvalue weighted by molar-refractivity contribution is 0.465. The normalized spacial score (nSPS) is 12.9. The highest BCUT2D eigenvalue weighted by molar-refractivity contribution is 6.98. The fourth-order valence-corrected chi connectivity index (χ4v) is 6.52. The first-order valence-electron chi connectivity index (χ1n) is 14.0. The summed E-state index contributed by atoms with van der Waals surface area (Å²) in [6.07, 6.45) is 6.19. The minimum absolute atomic E-state index is 0.0566. The highest BCUT2D eigenvalue weighted by Crippen LogP contribution is 2.39. The number of para-hydroxylation sites is 3. The van der Waals surface area contributed by atoms with Gasteiger partial charge in [-0.05, 0) is 65.9 Å². The van der Waals surface area contributed by atoms with Crippen LogP contribution in [-0.4, -0.2) is 11.3 Å². The second-order valence-electron chi connectivity index (χ2n) is 10.5. The molecule has 194 valence electrons. The number of aromatic nitrogens is 1. The average molecular weight is 527 g/mol. The van der Waals surface area contributed by atoms with Gasteiger partial charge < -0.3 is 14.0 Å². The third-order valence-corrected chi connectivity index (χ3v) is 8.25. The van der Waals surface area contributed by atoms with Gasteiger partial charge in [0.05, 0.1) is 11.2 Å². The topological polar surface area (TPSA) is 23.4 Å². The zero-order valence-electron chi connectivity index (χ0n) is 22.7. The monoisotopic (exact) mass is 527 g/mol. The van der Waals surface area contributed by atoms with E-state index in [0.29, 0.717) is 0 Å². The standard InChI is InChI=1S/C37H26BNO2/c1-3-11-31-26(4-2)28-12-5-7-16-32(28)39(31)25-22-20-24(21-23-25)27-13-9-15-30-37(27)41-35-19-10-18-34-36(35)38(30)29-14-6-8-17-33(29)40-34/h3-23H,2H2,1H3/b11-3-. The quantitative estimate of drug-likeness (QED) is 0.219. The first-order valence-corrected chi connectivity index (χ1v) is 14.0. The van der Waals surface area contributed by atoms with Gasteiger partial charge >= 0.3 is 0 Å². The summed E-state index contributed by atoms with van der Waals surface area (Å²) in [5, 5.41) is 1.19.